The van der Waals surface area contributed by atoms with Gasteiger partial charge in [0.2, 0.25) is 6.35 Å². The average Bonchev–Trinajstić information content (AvgIpc) is 2.68. The summed E-state index contributed by atoms with van der Waals surface area (Å²) < 4.78 is 0. The number of aliphatic hydroxyl groups is 1. The standard InChI is InChI=1S/C14H14N2O/c17-14-15-12-8-4-5-9-13(12)16(14)10-11-6-2-1-3-7-11/h1-9,14-15,17H,10H2/t14-/m1/s1. The van der Waals surface area contributed by atoms with E-state index in [4.69, 9.17) is 0 Å². The van der Waals surface area contributed by atoms with Gasteiger partial charge < -0.3 is 15.3 Å². The Kier molecular flexibility index (Phi) is 2.46. The maximum Gasteiger partial charge on any atom is 0.205 e. The monoisotopic (exact) mass is 226 g/mol. The Hall–Kier alpha value is -2.00. The molecular weight excluding hydrogens is 212 g/mol. The normalized spacial score (nSPS) is 17.7. The second kappa shape index (κ2) is 4.11. The molecule has 3 nitrogen and oxygen atoms in total. The molecule has 86 valence electrons. The van der Waals surface area contributed by atoms with Crippen LogP contribution in [0.4, 0.5) is 11.4 Å². The molecule has 0 bridgehead atoms. The van der Waals surface area contributed by atoms with Crippen LogP contribution in [-0.2, 0) is 6.54 Å². The third-order valence-corrected chi connectivity index (χ3v) is 2.99. The van der Waals surface area contributed by atoms with E-state index in [2.05, 4.69) is 17.4 Å². The highest BCUT2D eigenvalue weighted by molar-refractivity contribution is 5.75. The minimum absolute atomic E-state index is 0.646. The van der Waals surface area contributed by atoms with Crippen LogP contribution in [0.2, 0.25) is 0 Å². The summed E-state index contributed by atoms with van der Waals surface area (Å²) in [4.78, 5) is 1.95. The Labute approximate surface area is 100 Å². The van der Waals surface area contributed by atoms with E-state index in [0.717, 1.165) is 11.4 Å². The number of benzene rings is 2. The van der Waals surface area contributed by atoms with E-state index in [9.17, 15) is 5.11 Å². The van der Waals surface area contributed by atoms with Crippen molar-refractivity contribution in [2.75, 3.05) is 10.2 Å². The Bertz CT molecular complexity index is 513. The molecule has 0 radical (unpaired) electrons. The smallest absolute Gasteiger partial charge is 0.205 e. The number of para-hydroxylation sites is 2. The molecule has 0 amide bonds. The number of aliphatic hydroxyl groups excluding tert-OH is 1. The first-order valence-electron chi connectivity index (χ1n) is 5.69. The van der Waals surface area contributed by atoms with Gasteiger partial charge in [-0.05, 0) is 17.7 Å². The largest absolute Gasteiger partial charge is 0.356 e. The van der Waals surface area contributed by atoms with Crippen LogP contribution in [0.25, 0.3) is 0 Å². The molecule has 1 heterocycles. The van der Waals surface area contributed by atoms with Gasteiger partial charge in [-0.3, -0.25) is 0 Å². The highest BCUT2D eigenvalue weighted by atomic mass is 16.3. The van der Waals surface area contributed by atoms with Crippen molar-refractivity contribution in [3.63, 3.8) is 0 Å². The molecule has 0 spiro atoms. The van der Waals surface area contributed by atoms with Crippen molar-refractivity contribution in [3.05, 3.63) is 60.2 Å². The third kappa shape index (κ3) is 1.85. The van der Waals surface area contributed by atoms with E-state index in [0.29, 0.717) is 6.54 Å². The lowest BCUT2D eigenvalue weighted by atomic mass is 10.2. The summed E-state index contributed by atoms with van der Waals surface area (Å²) in [5.41, 5.74) is 3.21. The molecule has 3 heteroatoms. The van der Waals surface area contributed by atoms with Gasteiger partial charge in [-0.15, -0.1) is 0 Å². The Morgan fingerprint density at radius 3 is 2.53 bits per heavy atom. The zero-order chi connectivity index (χ0) is 11.7. The van der Waals surface area contributed by atoms with Gasteiger partial charge in [0.15, 0.2) is 0 Å². The zero-order valence-electron chi connectivity index (χ0n) is 9.38. The van der Waals surface area contributed by atoms with E-state index in [1.54, 1.807) is 0 Å². The molecule has 0 aliphatic carbocycles. The van der Waals surface area contributed by atoms with Crippen LogP contribution in [0.15, 0.2) is 54.6 Å². The van der Waals surface area contributed by atoms with Gasteiger partial charge in [0, 0.05) is 6.54 Å². The summed E-state index contributed by atoms with van der Waals surface area (Å²) in [6.45, 7) is 0.700. The molecule has 1 atom stereocenters. The van der Waals surface area contributed by atoms with Crippen molar-refractivity contribution in [1.82, 2.24) is 0 Å². The van der Waals surface area contributed by atoms with Crippen molar-refractivity contribution >= 4 is 11.4 Å². The lowest BCUT2D eigenvalue weighted by molar-refractivity contribution is 0.202. The predicted octanol–water partition coefficient (Wildman–Crippen LogP) is 2.39. The van der Waals surface area contributed by atoms with Gasteiger partial charge in [-0.2, -0.15) is 0 Å². The third-order valence-electron chi connectivity index (χ3n) is 2.99. The summed E-state index contributed by atoms with van der Waals surface area (Å²) >= 11 is 0. The number of rotatable bonds is 2. The Morgan fingerprint density at radius 1 is 1.00 bits per heavy atom. The van der Waals surface area contributed by atoms with E-state index >= 15 is 0 Å². The van der Waals surface area contributed by atoms with Gasteiger partial charge in [-0.1, -0.05) is 42.5 Å². The molecule has 0 saturated heterocycles. The number of fused-ring (bicyclic) bond motifs is 1. The Morgan fingerprint density at radius 2 is 1.71 bits per heavy atom. The zero-order valence-corrected chi connectivity index (χ0v) is 9.38. The lowest BCUT2D eigenvalue weighted by Gasteiger charge is -2.22. The highest BCUT2D eigenvalue weighted by Gasteiger charge is 2.25. The fraction of sp³-hybridized carbons (Fsp3) is 0.143. The van der Waals surface area contributed by atoms with Gasteiger partial charge >= 0.3 is 0 Å². The number of nitrogens with one attached hydrogen (secondary N) is 1. The average molecular weight is 226 g/mol. The van der Waals surface area contributed by atoms with Crippen LogP contribution in [0.5, 0.6) is 0 Å². The van der Waals surface area contributed by atoms with E-state index in [-0.39, 0.29) is 0 Å². The summed E-state index contributed by atoms with van der Waals surface area (Å²) in [7, 11) is 0. The Balaban J connectivity index is 1.89. The molecule has 1 aliphatic heterocycles. The van der Waals surface area contributed by atoms with Crippen LogP contribution >= 0.6 is 0 Å². The summed E-state index contributed by atoms with van der Waals surface area (Å²) in [5, 5.41) is 13.0. The quantitative estimate of drug-likeness (QED) is 0.825. The minimum Gasteiger partial charge on any atom is -0.356 e. The fourth-order valence-electron chi connectivity index (χ4n) is 2.15. The van der Waals surface area contributed by atoms with E-state index < -0.39 is 6.35 Å². The maximum atomic E-state index is 9.99. The first-order valence-corrected chi connectivity index (χ1v) is 5.69. The molecule has 0 saturated carbocycles. The molecule has 2 aromatic rings. The SMILES string of the molecule is O[C@@H]1Nc2ccccc2N1Cc1ccccc1. The number of hydrogen-bond acceptors (Lipinski definition) is 3. The van der Waals surface area contributed by atoms with E-state index in [1.165, 1.54) is 5.56 Å². The van der Waals surface area contributed by atoms with Crippen LogP contribution in [0.3, 0.4) is 0 Å². The van der Waals surface area contributed by atoms with Gasteiger partial charge in [-0.25, -0.2) is 0 Å². The van der Waals surface area contributed by atoms with Gasteiger partial charge in [0.25, 0.3) is 0 Å². The second-order valence-electron chi connectivity index (χ2n) is 4.15. The van der Waals surface area contributed by atoms with Crippen LogP contribution in [0.1, 0.15) is 5.56 Å². The van der Waals surface area contributed by atoms with E-state index in [1.807, 2.05) is 47.4 Å². The summed E-state index contributed by atoms with van der Waals surface area (Å²) in [5.74, 6) is 0. The molecule has 2 N–H and O–H groups in total. The van der Waals surface area contributed by atoms with Gasteiger partial charge in [0.1, 0.15) is 0 Å². The molecule has 0 fully saturated rings. The number of nitrogens with zero attached hydrogens (tertiary/aromatic N) is 1. The molecular formula is C14H14N2O. The number of hydrogen-bond donors (Lipinski definition) is 2. The van der Waals surface area contributed by atoms with Crippen molar-refractivity contribution in [3.8, 4) is 0 Å². The van der Waals surface area contributed by atoms with Crippen molar-refractivity contribution in [2.45, 2.75) is 12.9 Å². The highest BCUT2D eigenvalue weighted by Crippen LogP contribution is 2.34. The molecule has 3 rings (SSSR count). The van der Waals surface area contributed by atoms with Crippen molar-refractivity contribution in [2.24, 2.45) is 0 Å². The van der Waals surface area contributed by atoms with Crippen molar-refractivity contribution in [1.29, 1.82) is 0 Å². The lowest BCUT2D eigenvalue weighted by Crippen LogP contribution is -2.34. The topological polar surface area (TPSA) is 35.5 Å². The van der Waals surface area contributed by atoms with Crippen LogP contribution in [0, 0.1) is 0 Å². The summed E-state index contributed by atoms with van der Waals surface area (Å²) in [6.07, 6.45) is -0.646. The first-order chi connectivity index (χ1) is 8.34. The minimum atomic E-state index is -0.646. The molecule has 1 aliphatic rings. The van der Waals surface area contributed by atoms with Crippen LogP contribution < -0.4 is 10.2 Å². The summed E-state index contributed by atoms with van der Waals surface area (Å²) in [6, 6.07) is 18.1. The predicted molar refractivity (Wildman–Crippen MR) is 68.7 cm³/mol. The molecule has 0 unspecified atom stereocenters. The first kappa shape index (κ1) is 10.2. The maximum absolute atomic E-state index is 9.99. The second-order valence-corrected chi connectivity index (χ2v) is 4.15. The number of anilines is 2. The van der Waals surface area contributed by atoms with Crippen molar-refractivity contribution < 1.29 is 5.11 Å². The van der Waals surface area contributed by atoms with Crippen LogP contribution in [-0.4, -0.2) is 11.5 Å². The van der Waals surface area contributed by atoms with Gasteiger partial charge in [0.05, 0.1) is 11.4 Å². The fourth-order valence-corrected chi connectivity index (χ4v) is 2.15. The molecule has 17 heavy (non-hydrogen) atoms. The molecule has 2 aromatic carbocycles. The molecule has 0 aromatic heterocycles.